The maximum Gasteiger partial charge on any atom is 0.307 e. The van der Waals surface area contributed by atoms with Crippen molar-refractivity contribution in [1.82, 2.24) is 9.80 Å². The number of rotatable bonds is 10. The zero-order valence-corrected chi connectivity index (χ0v) is 13.8. The normalized spacial score (nSPS) is 14.9. The molecular weight excluding hydrogens is 268 g/mol. The van der Waals surface area contributed by atoms with Crippen molar-refractivity contribution in [3.8, 4) is 0 Å². The van der Waals surface area contributed by atoms with Crippen molar-refractivity contribution in [1.29, 1.82) is 0 Å². The van der Waals surface area contributed by atoms with Crippen LogP contribution < -0.4 is 0 Å². The van der Waals surface area contributed by atoms with Crippen molar-refractivity contribution in [2.24, 2.45) is 5.92 Å². The van der Waals surface area contributed by atoms with E-state index in [2.05, 4.69) is 23.5 Å². The summed E-state index contributed by atoms with van der Waals surface area (Å²) >= 11 is 0. The fraction of sp³-hybridized carbons (Fsp3) is 0.875. The molecule has 1 fully saturated rings. The highest BCUT2D eigenvalue weighted by atomic mass is 16.5. The fourth-order valence-electron chi connectivity index (χ4n) is 2.60. The lowest BCUT2D eigenvalue weighted by Gasteiger charge is -2.32. The number of carbonyl (C=O) groups is 2. The van der Waals surface area contributed by atoms with Gasteiger partial charge in [0.25, 0.3) is 0 Å². The Morgan fingerprint density at radius 2 is 1.76 bits per heavy atom. The quantitative estimate of drug-likeness (QED) is 0.578. The van der Waals surface area contributed by atoms with Gasteiger partial charge >= 0.3 is 5.97 Å². The number of methoxy groups -OCH3 is 1. The highest BCUT2D eigenvalue weighted by molar-refractivity contribution is 5.80. The van der Waals surface area contributed by atoms with E-state index in [9.17, 15) is 9.59 Å². The van der Waals surface area contributed by atoms with Crippen LogP contribution in [0.25, 0.3) is 0 Å². The minimum atomic E-state index is -0.245. The van der Waals surface area contributed by atoms with Crippen molar-refractivity contribution < 1.29 is 14.3 Å². The number of amides is 1. The zero-order chi connectivity index (χ0) is 15.7. The van der Waals surface area contributed by atoms with Crippen LogP contribution in [0.15, 0.2) is 0 Å². The molecule has 1 aliphatic rings. The van der Waals surface area contributed by atoms with E-state index >= 15 is 0 Å². The molecule has 0 aromatic heterocycles. The molecule has 0 saturated heterocycles. The summed E-state index contributed by atoms with van der Waals surface area (Å²) in [5.41, 5.74) is 0. The molecule has 5 heteroatoms. The first kappa shape index (κ1) is 18.0. The van der Waals surface area contributed by atoms with Crippen LogP contribution in [0.2, 0.25) is 0 Å². The van der Waals surface area contributed by atoms with Gasteiger partial charge < -0.3 is 14.5 Å². The molecule has 0 aromatic carbocycles. The van der Waals surface area contributed by atoms with E-state index in [0.29, 0.717) is 13.0 Å². The first-order chi connectivity index (χ1) is 10.1. The number of nitrogens with zero attached hydrogens (tertiary/aromatic N) is 2. The Morgan fingerprint density at radius 3 is 2.24 bits per heavy atom. The van der Waals surface area contributed by atoms with Crippen LogP contribution in [0, 0.1) is 5.92 Å². The lowest BCUT2D eigenvalue weighted by Crippen LogP contribution is -2.41. The molecule has 0 bridgehead atoms. The predicted molar refractivity (Wildman–Crippen MR) is 83.0 cm³/mol. The molecule has 0 aliphatic heterocycles. The van der Waals surface area contributed by atoms with E-state index in [4.69, 9.17) is 0 Å². The van der Waals surface area contributed by atoms with Crippen LogP contribution >= 0.6 is 0 Å². The molecular formula is C16H30N2O3. The van der Waals surface area contributed by atoms with Crippen molar-refractivity contribution in [2.75, 3.05) is 39.8 Å². The smallest absolute Gasteiger partial charge is 0.307 e. The predicted octanol–water partition coefficient (Wildman–Crippen LogP) is 1.91. The molecule has 0 unspecified atom stereocenters. The number of ether oxygens (including phenoxy) is 1. The average Bonchev–Trinajstić information content (AvgIpc) is 2.44. The highest BCUT2D eigenvalue weighted by Gasteiger charge is 2.29. The molecule has 122 valence electrons. The van der Waals surface area contributed by atoms with Crippen LogP contribution in [0.5, 0.6) is 0 Å². The number of carbonyl (C=O) groups excluding carboxylic acids is 2. The minimum Gasteiger partial charge on any atom is -0.469 e. The Hall–Kier alpha value is -1.10. The van der Waals surface area contributed by atoms with E-state index in [0.717, 1.165) is 51.9 Å². The van der Waals surface area contributed by atoms with Gasteiger partial charge in [-0.2, -0.15) is 0 Å². The first-order valence-corrected chi connectivity index (χ1v) is 8.20. The maximum atomic E-state index is 12.4. The Balaban J connectivity index is 2.42. The fourth-order valence-corrected chi connectivity index (χ4v) is 2.60. The van der Waals surface area contributed by atoms with E-state index in [1.54, 1.807) is 0 Å². The van der Waals surface area contributed by atoms with Gasteiger partial charge in [-0.25, -0.2) is 0 Å². The first-order valence-electron chi connectivity index (χ1n) is 8.20. The summed E-state index contributed by atoms with van der Waals surface area (Å²) in [6, 6.07) is 0. The van der Waals surface area contributed by atoms with Gasteiger partial charge in [-0.05, 0) is 38.9 Å². The van der Waals surface area contributed by atoms with Crippen LogP contribution in [0.4, 0.5) is 0 Å². The standard InChI is InChI=1S/C16H30N2O3/c1-4-17(5-2)11-7-12-18(13-10-15(19)21-3)16(20)14-8-6-9-14/h14H,4-13H2,1-3H3. The molecule has 0 N–H and O–H groups in total. The molecule has 1 saturated carbocycles. The van der Waals surface area contributed by atoms with Crippen molar-refractivity contribution in [2.45, 2.75) is 46.0 Å². The van der Waals surface area contributed by atoms with Crippen LogP contribution in [0.1, 0.15) is 46.0 Å². The zero-order valence-electron chi connectivity index (χ0n) is 13.8. The second-order valence-corrected chi connectivity index (χ2v) is 5.66. The topological polar surface area (TPSA) is 49.9 Å². The number of hydrogen-bond acceptors (Lipinski definition) is 4. The molecule has 0 spiro atoms. The molecule has 21 heavy (non-hydrogen) atoms. The highest BCUT2D eigenvalue weighted by Crippen LogP contribution is 2.28. The van der Waals surface area contributed by atoms with Gasteiger partial charge in [-0.15, -0.1) is 0 Å². The third-order valence-corrected chi connectivity index (χ3v) is 4.38. The van der Waals surface area contributed by atoms with E-state index in [1.807, 2.05) is 4.90 Å². The van der Waals surface area contributed by atoms with Gasteiger partial charge in [0.2, 0.25) is 5.91 Å². The second-order valence-electron chi connectivity index (χ2n) is 5.66. The van der Waals surface area contributed by atoms with Gasteiger partial charge in [0, 0.05) is 19.0 Å². The largest absolute Gasteiger partial charge is 0.469 e. The SMILES string of the molecule is CCN(CC)CCCN(CCC(=O)OC)C(=O)C1CCC1. The lowest BCUT2D eigenvalue weighted by molar-refractivity contribution is -0.143. The van der Waals surface area contributed by atoms with Crippen LogP contribution in [-0.4, -0.2) is 61.5 Å². The van der Waals surface area contributed by atoms with Gasteiger partial charge in [0.1, 0.15) is 0 Å². The lowest BCUT2D eigenvalue weighted by atomic mass is 9.84. The summed E-state index contributed by atoms with van der Waals surface area (Å²) in [4.78, 5) is 27.9. The third-order valence-electron chi connectivity index (χ3n) is 4.38. The maximum absolute atomic E-state index is 12.4. The van der Waals surface area contributed by atoms with Gasteiger partial charge in [0.05, 0.1) is 13.5 Å². The molecule has 0 radical (unpaired) electrons. The Labute approximate surface area is 128 Å². The summed E-state index contributed by atoms with van der Waals surface area (Å²) in [5.74, 6) is 0.172. The summed E-state index contributed by atoms with van der Waals surface area (Å²) in [5, 5.41) is 0. The molecule has 1 amide bonds. The third kappa shape index (κ3) is 6.04. The van der Waals surface area contributed by atoms with Gasteiger partial charge in [-0.3, -0.25) is 9.59 Å². The van der Waals surface area contributed by atoms with Crippen molar-refractivity contribution in [3.05, 3.63) is 0 Å². The average molecular weight is 298 g/mol. The minimum absolute atomic E-state index is 0.191. The van der Waals surface area contributed by atoms with Crippen LogP contribution in [-0.2, 0) is 14.3 Å². The molecule has 0 heterocycles. The van der Waals surface area contributed by atoms with Gasteiger partial charge in [-0.1, -0.05) is 20.3 Å². The Morgan fingerprint density at radius 1 is 1.10 bits per heavy atom. The molecule has 1 aliphatic carbocycles. The van der Waals surface area contributed by atoms with Gasteiger partial charge in [0.15, 0.2) is 0 Å². The summed E-state index contributed by atoms with van der Waals surface area (Å²) in [6.45, 7) is 8.60. The summed E-state index contributed by atoms with van der Waals surface area (Å²) < 4.78 is 4.67. The van der Waals surface area contributed by atoms with Crippen molar-refractivity contribution >= 4 is 11.9 Å². The molecule has 0 aromatic rings. The Kier molecular flexibility index (Phi) is 8.35. The number of hydrogen-bond donors (Lipinski definition) is 0. The van der Waals surface area contributed by atoms with E-state index < -0.39 is 0 Å². The monoisotopic (exact) mass is 298 g/mol. The molecule has 5 nitrogen and oxygen atoms in total. The van der Waals surface area contributed by atoms with E-state index in [1.165, 1.54) is 7.11 Å². The van der Waals surface area contributed by atoms with E-state index in [-0.39, 0.29) is 17.8 Å². The molecule has 1 rings (SSSR count). The summed E-state index contributed by atoms with van der Waals surface area (Å²) in [7, 11) is 1.39. The van der Waals surface area contributed by atoms with Crippen molar-refractivity contribution in [3.63, 3.8) is 0 Å². The molecule has 0 atom stereocenters. The Bertz CT molecular complexity index is 325. The van der Waals surface area contributed by atoms with Crippen LogP contribution in [0.3, 0.4) is 0 Å². The second kappa shape index (κ2) is 9.77. The summed E-state index contributed by atoms with van der Waals surface area (Å²) in [6.07, 6.45) is 4.41. The number of esters is 1.